The van der Waals surface area contributed by atoms with Crippen LogP contribution in [0, 0.1) is 0 Å². The molecule has 0 bridgehead atoms. The number of hydrogen-bond acceptors (Lipinski definition) is 5. The fraction of sp³-hybridized carbons (Fsp3) is 0.500. The van der Waals surface area contributed by atoms with Crippen molar-refractivity contribution in [1.82, 2.24) is 10.2 Å². The molecule has 1 aromatic rings. The number of benzene rings is 1. The van der Waals surface area contributed by atoms with Crippen molar-refractivity contribution in [2.24, 2.45) is 0 Å². The highest BCUT2D eigenvalue weighted by Crippen LogP contribution is 2.45. The Balaban J connectivity index is 2.02. The third kappa shape index (κ3) is 3.02. The highest BCUT2D eigenvalue weighted by Gasteiger charge is 2.62. The average Bonchev–Trinajstić information content (AvgIpc) is 2.97. The average molecular weight is 387 g/mol. The zero-order chi connectivity index (χ0) is 20.6. The number of esters is 1. The Labute approximate surface area is 163 Å². The van der Waals surface area contributed by atoms with Gasteiger partial charge in [-0.25, -0.2) is 4.79 Å². The molecule has 2 aliphatic rings. The second kappa shape index (κ2) is 7.26. The number of amides is 3. The van der Waals surface area contributed by atoms with Crippen LogP contribution in [0.3, 0.4) is 0 Å². The van der Waals surface area contributed by atoms with Gasteiger partial charge in [0.2, 0.25) is 11.6 Å². The zero-order valence-electron chi connectivity index (χ0n) is 16.5. The molecule has 0 saturated carbocycles. The van der Waals surface area contributed by atoms with E-state index in [4.69, 9.17) is 4.74 Å². The largest absolute Gasteiger partial charge is 0.452 e. The number of anilines is 1. The van der Waals surface area contributed by atoms with E-state index in [-0.39, 0.29) is 36.7 Å². The summed E-state index contributed by atoms with van der Waals surface area (Å²) < 4.78 is 5.30. The van der Waals surface area contributed by atoms with Crippen LogP contribution >= 0.6 is 0 Å². The molecular weight excluding hydrogens is 362 g/mol. The van der Waals surface area contributed by atoms with Crippen LogP contribution in [0.25, 0.3) is 0 Å². The van der Waals surface area contributed by atoms with E-state index in [0.29, 0.717) is 11.3 Å². The predicted molar refractivity (Wildman–Crippen MR) is 101 cm³/mol. The van der Waals surface area contributed by atoms with Gasteiger partial charge < -0.3 is 15.0 Å². The van der Waals surface area contributed by atoms with E-state index in [1.165, 1.54) is 9.80 Å². The maximum Gasteiger partial charge on any atom is 0.354 e. The first-order valence-corrected chi connectivity index (χ1v) is 9.42. The molecule has 0 radical (unpaired) electrons. The van der Waals surface area contributed by atoms with Crippen molar-refractivity contribution >= 4 is 29.4 Å². The molecule has 0 unspecified atom stereocenters. The summed E-state index contributed by atoms with van der Waals surface area (Å²) in [7, 11) is 0. The van der Waals surface area contributed by atoms with E-state index in [9.17, 15) is 19.2 Å². The number of fused-ring (bicyclic) bond motifs is 3. The number of carbonyl (C=O) groups excluding carboxylic acids is 4. The van der Waals surface area contributed by atoms with Crippen molar-refractivity contribution in [3.8, 4) is 0 Å². The third-order valence-electron chi connectivity index (χ3n) is 4.93. The molecule has 150 valence electrons. The number of rotatable bonds is 5. The van der Waals surface area contributed by atoms with Crippen LogP contribution in [0.2, 0.25) is 0 Å². The summed E-state index contributed by atoms with van der Waals surface area (Å²) in [5.41, 5.74) is -0.808. The fourth-order valence-corrected chi connectivity index (χ4v) is 3.98. The summed E-state index contributed by atoms with van der Waals surface area (Å²) in [6.07, 6.45) is 0.229. The molecular formula is C20H25N3O5. The molecule has 8 nitrogen and oxygen atoms in total. The van der Waals surface area contributed by atoms with Crippen molar-refractivity contribution in [1.29, 1.82) is 0 Å². The Kier molecular flexibility index (Phi) is 5.14. The first kappa shape index (κ1) is 19.9. The van der Waals surface area contributed by atoms with Crippen molar-refractivity contribution in [3.63, 3.8) is 0 Å². The summed E-state index contributed by atoms with van der Waals surface area (Å²) in [4.78, 5) is 53.9. The number of nitrogens with one attached hydrogen (secondary N) is 1. The van der Waals surface area contributed by atoms with Gasteiger partial charge in [-0.3, -0.25) is 19.3 Å². The van der Waals surface area contributed by atoms with Crippen LogP contribution in [0.1, 0.15) is 50.9 Å². The topological polar surface area (TPSA) is 96.0 Å². The summed E-state index contributed by atoms with van der Waals surface area (Å²) in [6, 6.07) is 6.29. The SMILES string of the molecule is CC(C)NC(=O)COC(=O)[C@@]12CCC(=O)N1c1ccccc1C(=O)N2C(C)C. The Morgan fingerprint density at radius 2 is 1.86 bits per heavy atom. The molecule has 8 heteroatoms. The monoisotopic (exact) mass is 387 g/mol. The molecule has 0 aliphatic carbocycles. The second-order valence-corrected chi connectivity index (χ2v) is 7.63. The van der Waals surface area contributed by atoms with E-state index in [2.05, 4.69) is 5.32 Å². The minimum atomic E-state index is -1.57. The van der Waals surface area contributed by atoms with Gasteiger partial charge >= 0.3 is 5.97 Å². The number of nitrogens with zero attached hydrogens (tertiary/aromatic N) is 2. The molecule has 0 aromatic heterocycles. The predicted octanol–water partition coefficient (Wildman–Crippen LogP) is 1.44. The summed E-state index contributed by atoms with van der Waals surface area (Å²) >= 11 is 0. The van der Waals surface area contributed by atoms with Crippen LogP contribution < -0.4 is 10.2 Å². The lowest BCUT2D eigenvalue weighted by Crippen LogP contribution is -2.70. The smallest absolute Gasteiger partial charge is 0.354 e. The maximum absolute atomic E-state index is 13.2. The van der Waals surface area contributed by atoms with Gasteiger partial charge in [-0.15, -0.1) is 0 Å². The molecule has 1 aromatic carbocycles. The van der Waals surface area contributed by atoms with Gasteiger partial charge in [0.05, 0.1) is 11.3 Å². The number of carbonyl (C=O) groups is 4. The van der Waals surface area contributed by atoms with Crippen molar-refractivity contribution in [2.45, 2.75) is 58.3 Å². The van der Waals surface area contributed by atoms with Gasteiger partial charge in [0.1, 0.15) is 0 Å². The minimum Gasteiger partial charge on any atom is -0.452 e. The quantitative estimate of drug-likeness (QED) is 0.772. The number of hydrogen-bond donors (Lipinski definition) is 1. The van der Waals surface area contributed by atoms with Crippen molar-refractivity contribution in [3.05, 3.63) is 29.8 Å². The van der Waals surface area contributed by atoms with Gasteiger partial charge in [-0.05, 0) is 39.8 Å². The fourth-order valence-electron chi connectivity index (χ4n) is 3.98. The number of para-hydroxylation sites is 1. The van der Waals surface area contributed by atoms with Crippen molar-refractivity contribution in [2.75, 3.05) is 11.5 Å². The van der Waals surface area contributed by atoms with E-state index in [0.717, 1.165) is 0 Å². The Morgan fingerprint density at radius 1 is 1.18 bits per heavy atom. The molecule has 0 spiro atoms. The molecule has 3 rings (SSSR count). The molecule has 2 heterocycles. The third-order valence-corrected chi connectivity index (χ3v) is 4.93. The van der Waals surface area contributed by atoms with E-state index >= 15 is 0 Å². The number of ether oxygens (including phenoxy) is 1. The molecule has 28 heavy (non-hydrogen) atoms. The Bertz CT molecular complexity index is 835. The minimum absolute atomic E-state index is 0.0933. The van der Waals surface area contributed by atoms with E-state index in [1.807, 2.05) is 0 Å². The normalized spacial score (nSPS) is 21.1. The van der Waals surface area contributed by atoms with Crippen LogP contribution in [-0.2, 0) is 19.1 Å². The van der Waals surface area contributed by atoms with Crippen LogP contribution in [0.15, 0.2) is 24.3 Å². The van der Waals surface area contributed by atoms with Gasteiger partial charge in [-0.1, -0.05) is 12.1 Å². The van der Waals surface area contributed by atoms with Gasteiger partial charge in [0.15, 0.2) is 6.61 Å². The maximum atomic E-state index is 13.2. The van der Waals surface area contributed by atoms with Gasteiger partial charge in [-0.2, -0.15) is 0 Å². The lowest BCUT2D eigenvalue weighted by Gasteiger charge is -2.50. The molecule has 1 atom stereocenters. The second-order valence-electron chi connectivity index (χ2n) is 7.63. The highest BCUT2D eigenvalue weighted by atomic mass is 16.5. The van der Waals surface area contributed by atoms with Crippen molar-refractivity contribution < 1.29 is 23.9 Å². The highest BCUT2D eigenvalue weighted by molar-refractivity contribution is 6.15. The lowest BCUT2D eigenvalue weighted by atomic mass is 9.95. The van der Waals surface area contributed by atoms with E-state index < -0.39 is 24.1 Å². The standard InChI is InChI=1S/C20H25N3O5/c1-12(2)21-16(24)11-28-19(27)20-10-9-17(25)23(20)15-8-6-5-7-14(15)18(26)22(20)13(3)4/h5-8,12-13H,9-11H2,1-4H3,(H,21,24)/t20-/m1/s1. The zero-order valence-corrected chi connectivity index (χ0v) is 16.5. The first-order chi connectivity index (χ1) is 13.2. The Morgan fingerprint density at radius 3 is 2.50 bits per heavy atom. The molecule has 3 amide bonds. The first-order valence-electron chi connectivity index (χ1n) is 9.42. The molecule has 2 aliphatic heterocycles. The Hall–Kier alpha value is -2.90. The summed E-state index contributed by atoms with van der Waals surface area (Å²) in [5.74, 6) is -1.79. The lowest BCUT2D eigenvalue weighted by molar-refractivity contribution is -0.161. The summed E-state index contributed by atoms with van der Waals surface area (Å²) in [6.45, 7) is 6.70. The molecule has 1 fully saturated rings. The molecule has 1 N–H and O–H groups in total. The van der Waals surface area contributed by atoms with E-state index in [1.54, 1.807) is 52.0 Å². The van der Waals surface area contributed by atoms with Gasteiger partial charge in [0.25, 0.3) is 11.8 Å². The van der Waals surface area contributed by atoms with Gasteiger partial charge in [0, 0.05) is 24.9 Å². The molecule has 1 saturated heterocycles. The van der Waals surface area contributed by atoms with Crippen LogP contribution in [-0.4, -0.2) is 52.9 Å². The van der Waals surface area contributed by atoms with Crippen LogP contribution in [0.4, 0.5) is 5.69 Å². The summed E-state index contributed by atoms with van der Waals surface area (Å²) in [5, 5.41) is 2.65. The van der Waals surface area contributed by atoms with Crippen LogP contribution in [0.5, 0.6) is 0 Å².